The van der Waals surface area contributed by atoms with Crippen LogP contribution in [0.15, 0.2) is 12.1 Å². The first-order valence-electron chi connectivity index (χ1n) is 4.65. The van der Waals surface area contributed by atoms with E-state index in [1.807, 2.05) is 0 Å². The quantitative estimate of drug-likeness (QED) is 0.483. The minimum Gasteiger partial charge on any atom is -0.358 e. The van der Waals surface area contributed by atoms with Gasteiger partial charge in [-0.05, 0) is 22.4 Å². The molecule has 1 amide bonds. The molecule has 0 spiro atoms. The normalized spacial score (nSPS) is 9.88. The summed E-state index contributed by atoms with van der Waals surface area (Å²) in [4.78, 5) is 24.0. The molecule has 0 aliphatic rings. The van der Waals surface area contributed by atoms with E-state index in [9.17, 15) is 19.3 Å². The van der Waals surface area contributed by atoms with Crippen molar-refractivity contribution >= 4 is 17.4 Å². The Balaban J connectivity index is 2.95. The number of nitro groups is 1. The minimum absolute atomic E-state index is 0.0927. The summed E-state index contributed by atoms with van der Waals surface area (Å²) < 4.78 is 12.7. The summed E-state index contributed by atoms with van der Waals surface area (Å²) in [6.45, 7) is 1.80. The zero-order chi connectivity index (χ0) is 12.1. The second kappa shape index (κ2) is 5.15. The fraction of sp³-hybridized carbons (Fsp3) is 0.333. The number of hydrogen-bond donors (Lipinski definition) is 1. The lowest BCUT2D eigenvalue weighted by Crippen LogP contribution is -2.13. The third kappa shape index (κ3) is 2.97. The molecule has 0 aromatic carbocycles. The number of hydrogen-bond acceptors (Lipinski definition) is 4. The average molecular weight is 227 g/mol. The van der Waals surface area contributed by atoms with Crippen LogP contribution in [0.25, 0.3) is 0 Å². The van der Waals surface area contributed by atoms with Crippen LogP contribution in [0.5, 0.6) is 0 Å². The van der Waals surface area contributed by atoms with Gasteiger partial charge in [0.2, 0.25) is 5.91 Å². The van der Waals surface area contributed by atoms with Crippen LogP contribution in [-0.2, 0) is 4.79 Å². The topological polar surface area (TPSA) is 85.1 Å². The van der Waals surface area contributed by atoms with Gasteiger partial charge in [-0.15, -0.1) is 0 Å². The number of anilines is 1. The van der Waals surface area contributed by atoms with Crippen LogP contribution >= 0.6 is 0 Å². The highest BCUT2D eigenvalue weighted by molar-refractivity contribution is 5.92. The number of carbonyl (C=O) groups is 1. The SMILES string of the molecule is CCCC(=O)Nc1ccc(F)nc1[N+](=O)[O-]. The highest BCUT2D eigenvalue weighted by Gasteiger charge is 2.18. The minimum atomic E-state index is -0.958. The molecule has 0 saturated heterocycles. The van der Waals surface area contributed by atoms with Gasteiger partial charge in [-0.25, -0.2) is 0 Å². The van der Waals surface area contributed by atoms with Crippen molar-refractivity contribution in [2.75, 3.05) is 5.32 Å². The Bertz CT molecular complexity index is 422. The molecule has 86 valence electrons. The maximum Gasteiger partial charge on any atom is 0.390 e. The van der Waals surface area contributed by atoms with Gasteiger partial charge in [0.05, 0.1) is 0 Å². The number of amides is 1. The van der Waals surface area contributed by atoms with E-state index >= 15 is 0 Å². The van der Waals surface area contributed by atoms with E-state index in [1.54, 1.807) is 6.92 Å². The van der Waals surface area contributed by atoms with Crippen LogP contribution in [-0.4, -0.2) is 15.8 Å². The van der Waals surface area contributed by atoms with Gasteiger partial charge in [-0.1, -0.05) is 6.92 Å². The Morgan fingerprint density at radius 3 is 2.88 bits per heavy atom. The molecule has 1 rings (SSSR count). The molecule has 7 heteroatoms. The Labute approximate surface area is 90.6 Å². The van der Waals surface area contributed by atoms with Crippen LogP contribution in [0, 0.1) is 16.1 Å². The molecule has 0 fully saturated rings. The van der Waals surface area contributed by atoms with Crippen molar-refractivity contribution < 1.29 is 14.1 Å². The van der Waals surface area contributed by atoms with E-state index in [2.05, 4.69) is 10.3 Å². The highest BCUT2D eigenvalue weighted by atomic mass is 19.1. The van der Waals surface area contributed by atoms with Gasteiger partial charge in [0, 0.05) is 12.5 Å². The highest BCUT2D eigenvalue weighted by Crippen LogP contribution is 2.21. The summed E-state index contributed by atoms with van der Waals surface area (Å²) in [6.07, 6.45) is 0.864. The molecular weight excluding hydrogens is 217 g/mol. The molecule has 1 N–H and O–H groups in total. The number of halogens is 1. The second-order valence-corrected chi connectivity index (χ2v) is 3.06. The number of carbonyl (C=O) groups excluding carboxylic acids is 1. The fourth-order valence-corrected chi connectivity index (χ4v) is 1.10. The largest absolute Gasteiger partial charge is 0.390 e. The fourth-order valence-electron chi connectivity index (χ4n) is 1.10. The first-order valence-corrected chi connectivity index (χ1v) is 4.65. The first kappa shape index (κ1) is 12.0. The molecule has 1 aromatic rings. The maximum atomic E-state index is 12.7. The molecule has 0 aliphatic carbocycles. The van der Waals surface area contributed by atoms with Crippen molar-refractivity contribution in [2.45, 2.75) is 19.8 Å². The summed E-state index contributed by atoms with van der Waals surface area (Å²) in [5.41, 5.74) is -0.0927. The maximum absolute atomic E-state index is 12.7. The van der Waals surface area contributed by atoms with Crippen LogP contribution in [0.4, 0.5) is 15.9 Å². The van der Waals surface area contributed by atoms with E-state index in [1.165, 1.54) is 0 Å². The molecule has 1 heterocycles. The number of rotatable bonds is 4. The Morgan fingerprint density at radius 2 is 2.31 bits per heavy atom. The van der Waals surface area contributed by atoms with Crippen molar-refractivity contribution in [3.05, 3.63) is 28.2 Å². The zero-order valence-electron chi connectivity index (χ0n) is 8.57. The molecule has 0 unspecified atom stereocenters. The van der Waals surface area contributed by atoms with Gasteiger partial charge < -0.3 is 15.4 Å². The van der Waals surface area contributed by atoms with Crippen molar-refractivity contribution in [1.82, 2.24) is 4.98 Å². The summed E-state index contributed by atoms with van der Waals surface area (Å²) in [7, 11) is 0. The lowest BCUT2D eigenvalue weighted by Gasteiger charge is -2.03. The molecule has 16 heavy (non-hydrogen) atoms. The molecule has 1 aromatic heterocycles. The van der Waals surface area contributed by atoms with Crippen molar-refractivity contribution in [3.63, 3.8) is 0 Å². The number of pyridine rings is 1. The standard InChI is InChI=1S/C9H10FN3O3/c1-2-3-8(14)11-6-4-5-7(10)12-9(6)13(15)16/h4-5H,2-3H2,1H3,(H,11,14). The van der Waals surface area contributed by atoms with Crippen LogP contribution in [0.3, 0.4) is 0 Å². The van der Waals surface area contributed by atoms with Gasteiger partial charge in [-0.3, -0.25) is 4.79 Å². The monoisotopic (exact) mass is 227 g/mol. The molecular formula is C9H10FN3O3. The van der Waals surface area contributed by atoms with Crippen LogP contribution < -0.4 is 5.32 Å². The lowest BCUT2D eigenvalue weighted by molar-refractivity contribution is -0.388. The summed E-state index contributed by atoms with van der Waals surface area (Å²) in [5.74, 6) is -2.01. The van der Waals surface area contributed by atoms with Gasteiger partial charge in [0.25, 0.3) is 0 Å². The van der Waals surface area contributed by atoms with Crippen molar-refractivity contribution in [2.24, 2.45) is 0 Å². The van der Waals surface area contributed by atoms with E-state index in [0.717, 1.165) is 12.1 Å². The first-order chi connectivity index (χ1) is 7.54. The van der Waals surface area contributed by atoms with Gasteiger partial charge in [-0.2, -0.15) is 4.39 Å². The summed E-state index contributed by atoms with van der Waals surface area (Å²) in [5, 5.41) is 12.8. The molecule has 0 radical (unpaired) electrons. The van der Waals surface area contributed by atoms with E-state index < -0.39 is 16.7 Å². The Hall–Kier alpha value is -2.05. The smallest absolute Gasteiger partial charge is 0.358 e. The molecule has 6 nitrogen and oxygen atoms in total. The Kier molecular flexibility index (Phi) is 3.87. The number of nitrogens with zero attached hydrogens (tertiary/aromatic N) is 2. The van der Waals surface area contributed by atoms with Crippen molar-refractivity contribution in [3.8, 4) is 0 Å². The number of nitrogens with one attached hydrogen (secondary N) is 1. The third-order valence-corrected chi connectivity index (χ3v) is 1.77. The predicted octanol–water partition coefficient (Wildman–Crippen LogP) is 1.87. The van der Waals surface area contributed by atoms with Gasteiger partial charge in [0.15, 0.2) is 0 Å². The Morgan fingerprint density at radius 1 is 1.62 bits per heavy atom. The van der Waals surface area contributed by atoms with Gasteiger partial charge >= 0.3 is 11.8 Å². The van der Waals surface area contributed by atoms with Gasteiger partial charge in [0.1, 0.15) is 5.69 Å². The average Bonchev–Trinajstić information content (AvgIpc) is 2.20. The van der Waals surface area contributed by atoms with Crippen LogP contribution in [0.1, 0.15) is 19.8 Å². The van der Waals surface area contributed by atoms with E-state index in [0.29, 0.717) is 6.42 Å². The van der Waals surface area contributed by atoms with Crippen molar-refractivity contribution in [1.29, 1.82) is 0 Å². The summed E-state index contributed by atoms with van der Waals surface area (Å²) in [6, 6.07) is 2.07. The van der Waals surface area contributed by atoms with Crippen LogP contribution in [0.2, 0.25) is 0 Å². The third-order valence-electron chi connectivity index (χ3n) is 1.77. The molecule has 0 atom stereocenters. The second-order valence-electron chi connectivity index (χ2n) is 3.06. The molecule has 0 bridgehead atoms. The summed E-state index contributed by atoms with van der Waals surface area (Å²) >= 11 is 0. The van der Waals surface area contributed by atoms with E-state index in [-0.39, 0.29) is 18.0 Å². The number of aromatic nitrogens is 1. The molecule has 0 saturated carbocycles. The predicted molar refractivity (Wildman–Crippen MR) is 54.4 cm³/mol. The molecule has 0 aliphatic heterocycles. The zero-order valence-corrected chi connectivity index (χ0v) is 8.57. The lowest BCUT2D eigenvalue weighted by atomic mass is 10.3. The van der Waals surface area contributed by atoms with E-state index in [4.69, 9.17) is 0 Å².